The molecule has 0 aliphatic carbocycles. The van der Waals surface area contributed by atoms with Crippen LogP contribution < -0.4 is 5.32 Å². The summed E-state index contributed by atoms with van der Waals surface area (Å²) in [5.74, 6) is 0.283. The van der Waals surface area contributed by atoms with E-state index < -0.39 is 0 Å². The van der Waals surface area contributed by atoms with Crippen LogP contribution in [-0.2, 0) is 9.53 Å². The van der Waals surface area contributed by atoms with Crippen LogP contribution >= 0.6 is 0 Å². The largest absolute Gasteiger partial charge is 0.378 e. The molecular formula is C17H30N4O3. The molecule has 3 amide bonds. The fourth-order valence-electron chi connectivity index (χ4n) is 4.67. The van der Waals surface area contributed by atoms with Crippen molar-refractivity contribution in [3.63, 3.8) is 0 Å². The lowest BCUT2D eigenvalue weighted by Crippen LogP contribution is -2.53. The lowest BCUT2D eigenvalue weighted by molar-refractivity contribution is -0.148. The van der Waals surface area contributed by atoms with Gasteiger partial charge in [-0.1, -0.05) is 6.92 Å². The fraction of sp³-hybridized carbons (Fsp3) is 0.882. The van der Waals surface area contributed by atoms with Crippen LogP contribution in [0.3, 0.4) is 0 Å². The smallest absolute Gasteiger partial charge is 0.317 e. The number of fused-ring (bicyclic) bond motifs is 1. The van der Waals surface area contributed by atoms with E-state index in [0.29, 0.717) is 32.8 Å². The van der Waals surface area contributed by atoms with Crippen molar-refractivity contribution in [3.8, 4) is 0 Å². The molecule has 3 rings (SSSR count). The Balaban J connectivity index is 1.83. The predicted octanol–water partition coefficient (Wildman–Crippen LogP) is 0.361. The Hall–Kier alpha value is -1.34. The molecule has 3 aliphatic heterocycles. The lowest BCUT2D eigenvalue weighted by Gasteiger charge is -2.40. The van der Waals surface area contributed by atoms with E-state index in [9.17, 15) is 9.59 Å². The molecule has 7 heteroatoms. The van der Waals surface area contributed by atoms with E-state index in [4.69, 9.17) is 4.74 Å². The van der Waals surface area contributed by atoms with Gasteiger partial charge in [0.2, 0.25) is 5.91 Å². The third kappa shape index (κ3) is 2.99. The lowest BCUT2D eigenvalue weighted by atomic mass is 9.75. The first-order valence-electron chi connectivity index (χ1n) is 9.20. The highest BCUT2D eigenvalue weighted by Gasteiger charge is 2.54. The number of hydrogen-bond donors (Lipinski definition) is 1. The Bertz CT molecular complexity index is 480. The number of carbonyl (C=O) groups excluding carboxylic acids is 2. The van der Waals surface area contributed by atoms with Crippen molar-refractivity contribution in [3.05, 3.63) is 0 Å². The molecule has 7 nitrogen and oxygen atoms in total. The molecule has 0 bridgehead atoms. The van der Waals surface area contributed by atoms with E-state index >= 15 is 0 Å². The first-order valence-corrected chi connectivity index (χ1v) is 9.20. The average Bonchev–Trinajstić information content (AvgIpc) is 2.88. The molecule has 24 heavy (non-hydrogen) atoms. The molecular weight excluding hydrogens is 308 g/mol. The maximum absolute atomic E-state index is 13.4. The summed E-state index contributed by atoms with van der Waals surface area (Å²) in [6, 6.07) is 0.208. The Labute approximate surface area is 144 Å². The number of rotatable bonds is 2. The molecule has 3 saturated heterocycles. The van der Waals surface area contributed by atoms with Gasteiger partial charge in [-0.15, -0.1) is 0 Å². The summed E-state index contributed by atoms with van der Waals surface area (Å²) in [7, 11) is 1.67. The van der Waals surface area contributed by atoms with Crippen LogP contribution in [0, 0.1) is 5.41 Å². The van der Waals surface area contributed by atoms with E-state index in [0.717, 1.165) is 38.9 Å². The first-order chi connectivity index (χ1) is 11.6. The number of morpholine rings is 1. The van der Waals surface area contributed by atoms with Gasteiger partial charge in [0, 0.05) is 39.3 Å². The third-order valence-corrected chi connectivity index (χ3v) is 6.06. The van der Waals surface area contributed by atoms with Crippen molar-refractivity contribution in [2.45, 2.75) is 32.2 Å². The summed E-state index contributed by atoms with van der Waals surface area (Å²) >= 11 is 0. The van der Waals surface area contributed by atoms with E-state index in [1.54, 1.807) is 7.05 Å². The minimum absolute atomic E-state index is 0.0352. The number of nitrogens with zero attached hydrogens (tertiary/aromatic N) is 3. The van der Waals surface area contributed by atoms with Crippen LogP contribution in [0.1, 0.15) is 26.2 Å². The average molecular weight is 338 g/mol. The quantitative estimate of drug-likeness (QED) is 0.790. The van der Waals surface area contributed by atoms with Gasteiger partial charge in [-0.2, -0.15) is 0 Å². The molecule has 0 unspecified atom stereocenters. The predicted molar refractivity (Wildman–Crippen MR) is 90.7 cm³/mol. The normalized spacial score (nSPS) is 31.5. The molecule has 1 N–H and O–H groups in total. The SMILES string of the molecule is CCN1CC[C@]2(C(=O)N3CCOCC3)CCN(C(=O)NC)CC[C@H]12. The molecule has 0 spiro atoms. The van der Waals surface area contributed by atoms with E-state index in [-0.39, 0.29) is 23.4 Å². The topological polar surface area (TPSA) is 65.1 Å². The van der Waals surface area contributed by atoms with Crippen LogP contribution in [0.4, 0.5) is 4.79 Å². The van der Waals surface area contributed by atoms with Gasteiger partial charge in [-0.25, -0.2) is 4.79 Å². The van der Waals surface area contributed by atoms with E-state index in [2.05, 4.69) is 17.1 Å². The molecule has 3 fully saturated rings. The van der Waals surface area contributed by atoms with Crippen molar-refractivity contribution in [2.24, 2.45) is 5.41 Å². The summed E-state index contributed by atoms with van der Waals surface area (Å²) in [6.45, 7) is 8.14. The Morgan fingerprint density at radius 2 is 1.79 bits per heavy atom. The van der Waals surface area contributed by atoms with Crippen molar-refractivity contribution < 1.29 is 14.3 Å². The van der Waals surface area contributed by atoms with Crippen molar-refractivity contribution in [2.75, 3.05) is 59.5 Å². The zero-order chi connectivity index (χ0) is 17.2. The van der Waals surface area contributed by atoms with Gasteiger partial charge in [0.1, 0.15) is 0 Å². The van der Waals surface area contributed by atoms with Crippen molar-refractivity contribution in [1.29, 1.82) is 0 Å². The summed E-state index contributed by atoms with van der Waals surface area (Å²) in [6.07, 6.45) is 2.54. The maximum Gasteiger partial charge on any atom is 0.317 e. The number of ether oxygens (including phenoxy) is 1. The zero-order valence-electron chi connectivity index (χ0n) is 14.9. The zero-order valence-corrected chi connectivity index (χ0v) is 14.9. The molecule has 3 heterocycles. The second kappa shape index (κ2) is 7.27. The number of likely N-dealkylation sites (tertiary alicyclic amines) is 2. The summed E-state index contributed by atoms with van der Waals surface area (Å²) < 4.78 is 5.41. The molecule has 2 atom stereocenters. The highest BCUT2D eigenvalue weighted by Crippen LogP contribution is 2.45. The maximum atomic E-state index is 13.4. The highest BCUT2D eigenvalue weighted by atomic mass is 16.5. The summed E-state index contributed by atoms with van der Waals surface area (Å²) in [4.78, 5) is 31.8. The van der Waals surface area contributed by atoms with Gasteiger partial charge in [0.25, 0.3) is 0 Å². The van der Waals surface area contributed by atoms with Gasteiger partial charge in [0.05, 0.1) is 18.6 Å². The first kappa shape index (κ1) is 17.5. The third-order valence-electron chi connectivity index (χ3n) is 6.06. The second-order valence-electron chi connectivity index (χ2n) is 7.04. The minimum atomic E-state index is -0.337. The molecule has 0 saturated carbocycles. The van der Waals surface area contributed by atoms with Gasteiger partial charge < -0.3 is 19.9 Å². The van der Waals surface area contributed by atoms with Crippen molar-refractivity contribution >= 4 is 11.9 Å². The van der Waals surface area contributed by atoms with Crippen LogP contribution in [0.5, 0.6) is 0 Å². The highest BCUT2D eigenvalue weighted by molar-refractivity contribution is 5.84. The Morgan fingerprint density at radius 1 is 1.08 bits per heavy atom. The number of nitrogens with one attached hydrogen (secondary N) is 1. The molecule has 3 aliphatic rings. The van der Waals surface area contributed by atoms with Crippen LogP contribution in [0.25, 0.3) is 0 Å². The molecule has 0 aromatic carbocycles. The fourth-order valence-corrected chi connectivity index (χ4v) is 4.67. The number of hydrogen-bond acceptors (Lipinski definition) is 4. The monoisotopic (exact) mass is 338 g/mol. The molecule has 136 valence electrons. The molecule has 0 radical (unpaired) electrons. The standard InChI is InChI=1S/C17H30N4O3/c1-3-19-8-5-17(15(22)20-10-12-24-13-11-20)6-9-21(16(23)18-2)7-4-14(17)19/h14H,3-13H2,1-2H3,(H,18,23)/t14-,17-/m0/s1. The van der Waals surface area contributed by atoms with Gasteiger partial charge in [-0.05, 0) is 32.4 Å². The second-order valence-corrected chi connectivity index (χ2v) is 7.04. The summed E-state index contributed by atoms with van der Waals surface area (Å²) in [5.41, 5.74) is -0.337. The van der Waals surface area contributed by atoms with E-state index in [1.165, 1.54) is 0 Å². The van der Waals surface area contributed by atoms with Gasteiger partial charge >= 0.3 is 6.03 Å². The Morgan fingerprint density at radius 3 is 2.46 bits per heavy atom. The number of urea groups is 1. The van der Waals surface area contributed by atoms with Crippen LogP contribution in [0.2, 0.25) is 0 Å². The summed E-state index contributed by atoms with van der Waals surface area (Å²) in [5, 5.41) is 2.72. The van der Waals surface area contributed by atoms with Gasteiger partial charge in [0.15, 0.2) is 0 Å². The Kier molecular flexibility index (Phi) is 5.30. The van der Waals surface area contributed by atoms with Gasteiger partial charge in [-0.3, -0.25) is 9.69 Å². The number of amides is 3. The minimum Gasteiger partial charge on any atom is -0.378 e. The van der Waals surface area contributed by atoms with E-state index in [1.807, 2.05) is 9.80 Å². The molecule has 0 aromatic rings. The number of carbonyl (C=O) groups is 2. The van der Waals surface area contributed by atoms with Crippen LogP contribution in [0.15, 0.2) is 0 Å². The van der Waals surface area contributed by atoms with Crippen LogP contribution in [-0.4, -0.2) is 92.2 Å². The molecule has 0 aromatic heterocycles. The van der Waals surface area contributed by atoms with Crippen molar-refractivity contribution in [1.82, 2.24) is 20.0 Å².